The van der Waals surface area contributed by atoms with Gasteiger partial charge in [-0.05, 0) is 56.9 Å². The van der Waals surface area contributed by atoms with Crippen molar-refractivity contribution in [1.82, 2.24) is 4.57 Å². The van der Waals surface area contributed by atoms with Gasteiger partial charge in [-0.3, -0.25) is 0 Å². The standard InChI is InChI=1S/C15H19NO/c1-2-16-10-9-12-11-14(7-8-15(12)16)17-13-5-3-4-6-13/h7-11,13H,2-6H2,1H3. The van der Waals surface area contributed by atoms with Crippen molar-refractivity contribution in [2.75, 3.05) is 0 Å². The van der Waals surface area contributed by atoms with Crippen molar-refractivity contribution in [3.05, 3.63) is 30.5 Å². The molecule has 1 aromatic carbocycles. The Bertz CT molecular complexity index is 509. The van der Waals surface area contributed by atoms with Crippen LogP contribution in [-0.2, 0) is 6.54 Å². The molecule has 0 atom stereocenters. The summed E-state index contributed by atoms with van der Waals surface area (Å²) in [5.74, 6) is 1.03. The van der Waals surface area contributed by atoms with E-state index in [1.807, 2.05) is 0 Å². The number of benzene rings is 1. The van der Waals surface area contributed by atoms with Gasteiger partial charge in [0.1, 0.15) is 5.75 Å². The van der Waals surface area contributed by atoms with Crippen molar-refractivity contribution in [3.8, 4) is 5.75 Å². The van der Waals surface area contributed by atoms with Gasteiger partial charge >= 0.3 is 0 Å². The van der Waals surface area contributed by atoms with Crippen LogP contribution in [0.4, 0.5) is 0 Å². The van der Waals surface area contributed by atoms with Gasteiger partial charge in [0.15, 0.2) is 0 Å². The molecule has 1 aromatic heterocycles. The molecule has 0 amide bonds. The predicted molar refractivity (Wildman–Crippen MR) is 70.5 cm³/mol. The summed E-state index contributed by atoms with van der Waals surface area (Å²) in [7, 11) is 0. The number of rotatable bonds is 3. The number of aromatic nitrogens is 1. The Hall–Kier alpha value is -1.44. The van der Waals surface area contributed by atoms with Crippen LogP contribution in [-0.4, -0.2) is 10.7 Å². The van der Waals surface area contributed by atoms with E-state index in [9.17, 15) is 0 Å². The van der Waals surface area contributed by atoms with Gasteiger partial charge < -0.3 is 9.30 Å². The van der Waals surface area contributed by atoms with Crippen LogP contribution in [0.5, 0.6) is 5.75 Å². The minimum atomic E-state index is 0.445. The molecule has 1 aliphatic rings. The topological polar surface area (TPSA) is 14.2 Å². The minimum Gasteiger partial charge on any atom is -0.490 e. The van der Waals surface area contributed by atoms with Crippen LogP contribution in [0.1, 0.15) is 32.6 Å². The molecule has 1 aliphatic carbocycles. The molecule has 2 aromatic rings. The van der Waals surface area contributed by atoms with Gasteiger partial charge in [-0.25, -0.2) is 0 Å². The molecular weight excluding hydrogens is 210 g/mol. The Morgan fingerprint density at radius 2 is 2.06 bits per heavy atom. The SMILES string of the molecule is CCn1ccc2cc(OC3CCCC3)ccc21. The lowest BCUT2D eigenvalue weighted by Gasteiger charge is -2.13. The maximum absolute atomic E-state index is 6.02. The highest BCUT2D eigenvalue weighted by molar-refractivity contribution is 5.81. The summed E-state index contributed by atoms with van der Waals surface area (Å²) < 4.78 is 8.28. The monoisotopic (exact) mass is 229 g/mol. The summed E-state index contributed by atoms with van der Waals surface area (Å²) in [5.41, 5.74) is 1.30. The van der Waals surface area contributed by atoms with Crippen LogP contribution in [0, 0.1) is 0 Å². The highest BCUT2D eigenvalue weighted by atomic mass is 16.5. The highest BCUT2D eigenvalue weighted by Gasteiger charge is 2.16. The van der Waals surface area contributed by atoms with E-state index in [4.69, 9.17) is 4.74 Å². The van der Waals surface area contributed by atoms with Gasteiger partial charge in [-0.15, -0.1) is 0 Å². The predicted octanol–water partition coefficient (Wildman–Crippen LogP) is 3.98. The summed E-state index contributed by atoms with van der Waals surface area (Å²) in [5, 5.41) is 1.28. The summed E-state index contributed by atoms with van der Waals surface area (Å²) in [4.78, 5) is 0. The molecule has 2 heteroatoms. The average molecular weight is 229 g/mol. The third kappa shape index (κ3) is 2.04. The number of ether oxygens (including phenoxy) is 1. The van der Waals surface area contributed by atoms with Crippen molar-refractivity contribution >= 4 is 10.9 Å². The Balaban J connectivity index is 1.86. The zero-order valence-electron chi connectivity index (χ0n) is 10.4. The summed E-state index contributed by atoms with van der Waals surface area (Å²) >= 11 is 0. The van der Waals surface area contributed by atoms with Crippen molar-refractivity contribution in [1.29, 1.82) is 0 Å². The molecule has 1 heterocycles. The largest absolute Gasteiger partial charge is 0.490 e. The number of fused-ring (bicyclic) bond motifs is 1. The van der Waals surface area contributed by atoms with Gasteiger partial charge in [-0.1, -0.05) is 0 Å². The molecule has 0 saturated heterocycles. The summed E-state index contributed by atoms with van der Waals surface area (Å²) in [6.45, 7) is 3.19. The van der Waals surface area contributed by atoms with Gasteiger partial charge in [0, 0.05) is 23.6 Å². The molecule has 90 valence electrons. The molecule has 3 rings (SSSR count). The third-order valence-electron chi connectivity index (χ3n) is 3.69. The van der Waals surface area contributed by atoms with E-state index in [1.54, 1.807) is 0 Å². The van der Waals surface area contributed by atoms with Crippen LogP contribution in [0.15, 0.2) is 30.5 Å². The number of hydrogen-bond acceptors (Lipinski definition) is 1. The normalized spacial score (nSPS) is 16.8. The van der Waals surface area contributed by atoms with E-state index in [2.05, 4.69) is 42.0 Å². The Morgan fingerprint density at radius 1 is 1.24 bits per heavy atom. The molecule has 0 bridgehead atoms. The van der Waals surface area contributed by atoms with Crippen molar-refractivity contribution in [2.45, 2.75) is 45.3 Å². The van der Waals surface area contributed by atoms with Crippen molar-refractivity contribution in [3.63, 3.8) is 0 Å². The summed E-state index contributed by atoms with van der Waals surface area (Å²) in [6.07, 6.45) is 7.66. The third-order valence-corrected chi connectivity index (χ3v) is 3.69. The number of nitrogens with zero attached hydrogens (tertiary/aromatic N) is 1. The molecule has 1 saturated carbocycles. The first-order valence-corrected chi connectivity index (χ1v) is 6.62. The zero-order valence-corrected chi connectivity index (χ0v) is 10.4. The molecule has 0 unspecified atom stereocenters. The second-order valence-corrected chi connectivity index (χ2v) is 4.85. The Morgan fingerprint density at radius 3 is 2.82 bits per heavy atom. The van der Waals surface area contributed by atoms with Crippen LogP contribution in [0.25, 0.3) is 10.9 Å². The van der Waals surface area contributed by atoms with Crippen LogP contribution >= 0.6 is 0 Å². The van der Waals surface area contributed by atoms with E-state index < -0.39 is 0 Å². The Kier molecular flexibility index (Phi) is 2.79. The van der Waals surface area contributed by atoms with Gasteiger partial charge in [0.25, 0.3) is 0 Å². The number of hydrogen-bond donors (Lipinski definition) is 0. The quantitative estimate of drug-likeness (QED) is 0.776. The van der Waals surface area contributed by atoms with Crippen molar-refractivity contribution in [2.24, 2.45) is 0 Å². The fourth-order valence-electron chi connectivity index (χ4n) is 2.73. The van der Waals surface area contributed by atoms with Gasteiger partial charge in [-0.2, -0.15) is 0 Å². The lowest BCUT2D eigenvalue weighted by atomic mass is 10.2. The van der Waals surface area contributed by atoms with Crippen LogP contribution in [0.3, 0.4) is 0 Å². The molecule has 0 radical (unpaired) electrons. The second-order valence-electron chi connectivity index (χ2n) is 4.85. The van der Waals surface area contributed by atoms with E-state index in [-0.39, 0.29) is 0 Å². The first kappa shape index (κ1) is 10.7. The Labute approximate surface area is 102 Å². The average Bonchev–Trinajstić information content (AvgIpc) is 2.97. The lowest BCUT2D eigenvalue weighted by Crippen LogP contribution is -2.10. The van der Waals surface area contributed by atoms with Gasteiger partial charge in [0.05, 0.1) is 6.10 Å². The maximum Gasteiger partial charge on any atom is 0.120 e. The fourth-order valence-corrected chi connectivity index (χ4v) is 2.73. The van der Waals surface area contributed by atoms with Crippen LogP contribution in [0.2, 0.25) is 0 Å². The van der Waals surface area contributed by atoms with E-state index in [0.29, 0.717) is 6.10 Å². The number of aryl methyl sites for hydroxylation is 1. The first-order valence-electron chi connectivity index (χ1n) is 6.62. The molecule has 0 spiro atoms. The highest BCUT2D eigenvalue weighted by Crippen LogP contribution is 2.27. The lowest BCUT2D eigenvalue weighted by molar-refractivity contribution is 0.210. The maximum atomic E-state index is 6.02. The molecular formula is C15H19NO. The second kappa shape index (κ2) is 4.44. The fraction of sp³-hybridized carbons (Fsp3) is 0.467. The minimum absolute atomic E-state index is 0.445. The molecule has 1 fully saturated rings. The smallest absolute Gasteiger partial charge is 0.120 e. The van der Waals surface area contributed by atoms with Crippen molar-refractivity contribution < 1.29 is 4.74 Å². The van der Waals surface area contributed by atoms with Crippen LogP contribution < -0.4 is 4.74 Å². The zero-order chi connectivity index (χ0) is 11.7. The molecule has 0 aliphatic heterocycles. The molecule has 0 N–H and O–H groups in total. The van der Waals surface area contributed by atoms with Gasteiger partial charge in [0.2, 0.25) is 0 Å². The van der Waals surface area contributed by atoms with E-state index in [1.165, 1.54) is 36.6 Å². The van der Waals surface area contributed by atoms with E-state index in [0.717, 1.165) is 12.3 Å². The summed E-state index contributed by atoms with van der Waals surface area (Å²) in [6, 6.07) is 8.61. The molecule has 2 nitrogen and oxygen atoms in total. The first-order chi connectivity index (χ1) is 8.36. The van der Waals surface area contributed by atoms with E-state index >= 15 is 0 Å². The molecule has 17 heavy (non-hydrogen) atoms.